The quantitative estimate of drug-likeness (QED) is 0.631. The molecule has 0 unspecified atom stereocenters. The lowest BCUT2D eigenvalue weighted by molar-refractivity contribution is -0.169. The Bertz CT molecular complexity index is 821. The van der Waals surface area contributed by atoms with E-state index in [9.17, 15) is 22.8 Å². The second-order valence-electron chi connectivity index (χ2n) is 5.06. The van der Waals surface area contributed by atoms with Crippen molar-refractivity contribution in [2.45, 2.75) is 12.6 Å². The number of hydrogen-bond acceptors (Lipinski definition) is 5. The highest BCUT2D eigenvalue weighted by Gasteiger charge is 2.38. The van der Waals surface area contributed by atoms with Crippen LogP contribution in [0.5, 0.6) is 5.75 Å². The first kappa shape index (κ1) is 19.1. The van der Waals surface area contributed by atoms with Crippen LogP contribution in [0.25, 0.3) is 0 Å². The Balaban J connectivity index is 2.24. The number of rotatable bonds is 6. The number of Topliss-reactive ketones (excluding diaryl/α,β-unsaturated/α-hetero) is 1. The Kier molecular flexibility index (Phi) is 6.05. The largest absolute Gasteiger partial charge is 0.497 e. The van der Waals surface area contributed by atoms with Crippen molar-refractivity contribution in [3.8, 4) is 5.75 Å². The first-order chi connectivity index (χ1) is 12.3. The van der Waals surface area contributed by atoms with Crippen molar-refractivity contribution in [1.82, 2.24) is 10.4 Å². The summed E-state index contributed by atoms with van der Waals surface area (Å²) in [5, 5.41) is 3.71. The highest BCUT2D eigenvalue weighted by molar-refractivity contribution is 6.12. The lowest BCUT2D eigenvalue weighted by atomic mass is 10.1. The Labute approximate surface area is 146 Å². The maximum absolute atomic E-state index is 12.6. The van der Waals surface area contributed by atoms with Gasteiger partial charge in [0.15, 0.2) is 0 Å². The number of nitrogens with one attached hydrogen (secondary N) is 1. The Morgan fingerprint density at radius 1 is 1.15 bits per heavy atom. The fourth-order valence-corrected chi connectivity index (χ4v) is 1.95. The van der Waals surface area contributed by atoms with E-state index in [1.807, 2.05) is 0 Å². The lowest BCUT2D eigenvalue weighted by Crippen LogP contribution is -2.27. The summed E-state index contributed by atoms with van der Waals surface area (Å²) < 4.78 is 42.7. The molecule has 0 radical (unpaired) electrons. The predicted octanol–water partition coefficient (Wildman–Crippen LogP) is 2.75. The van der Waals surface area contributed by atoms with Gasteiger partial charge in [0.1, 0.15) is 5.75 Å². The number of hydrogen-bond donors (Lipinski definition) is 1. The number of halogens is 3. The molecule has 0 saturated carbocycles. The van der Waals surface area contributed by atoms with Crippen LogP contribution in [0.4, 0.5) is 13.2 Å². The summed E-state index contributed by atoms with van der Waals surface area (Å²) in [4.78, 5) is 27.2. The summed E-state index contributed by atoms with van der Waals surface area (Å²) in [6.45, 7) is 0. The maximum Gasteiger partial charge on any atom is 0.450 e. The molecule has 26 heavy (non-hydrogen) atoms. The van der Waals surface area contributed by atoms with E-state index in [2.05, 4.69) is 15.5 Å². The van der Waals surface area contributed by atoms with Gasteiger partial charge in [-0.2, -0.15) is 18.3 Å². The Morgan fingerprint density at radius 3 is 2.46 bits per heavy atom. The number of ether oxygens (including phenoxy) is 1. The smallest absolute Gasteiger partial charge is 0.450 e. The molecule has 0 spiro atoms. The molecule has 1 amide bonds. The van der Waals surface area contributed by atoms with Gasteiger partial charge in [-0.25, -0.2) is 5.43 Å². The number of hydrazone groups is 1. The van der Waals surface area contributed by atoms with Crippen LogP contribution in [0.3, 0.4) is 0 Å². The number of benzene rings is 1. The molecule has 2 aromatic rings. The van der Waals surface area contributed by atoms with Crippen LogP contribution in [-0.2, 0) is 4.79 Å². The summed E-state index contributed by atoms with van der Waals surface area (Å²) >= 11 is 0. The highest BCUT2D eigenvalue weighted by atomic mass is 19.4. The average Bonchev–Trinajstić information content (AvgIpc) is 2.64. The molecule has 0 saturated heterocycles. The van der Waals surface area contributed by atoms with E-state index >= 15 is 0 Å². The number of pyridine rings is 1. The molecule has 136 valence electrons. The van der Waals surface area contributed by atoms with Crippen molar-refractivity contribution in [1.29, 1.82) is 0 Å². The van der Waals surface area contributed by atoms with E-state index in [4.69, 9.17) is 4.74 Å². The third-order valence-corrected chi connectivity index (χ3v) is 3.28. The highest BCUT2D eigenvalue weighted by Crippen LogP contribution is 2.19. The van der Waals surface area contributed by atoms with E-state index in [0.717, 1.165) is 0 Å². The number of aromatic nitrogens is 1. The van der Waals surface area contributed by atoms with E-state index < -0.39 is 24.3 Å². The van der Waals surface area contributed by atoms with Gasteiger partial charge in [0.2, 0.25) is 5.78 Å². The first-order valence-corrected chi connectivity index (χ1v) is 7.32. The number of alkyl halides is 3. The molecule has 1 aromatic carbocycles. The standard InChI is InChI=1S/C17H14F3N3O3/c1-26-13-4-2-3-12(9-13)16(25)23-22-14(10-15(24)17(18,19)20)11-5-7-21-8-6-11/h2-9H,10H2,1H3,(H,23,25). The molecule has 9 heteroatoms. The van der Waals surface area contributed by atoms with Gasteiger partial charge in [-0.3, -0.25) is 14.6 Å². The van der Waals surface area contributed by atoms with E-state index in [0.29, 0.717) is 5.75 Å². The fraction of sp³-hybridized carbons (Fsp3) is 0.176. The third kappa shape index (κ3) is 5.13. The van der Waals surface area contributed by atoms with Crippen molar-refractivity contribution in [3.63, 3.8) is 0 Å². The minimum absolute atomic E-state index is 0.198. The van der Waals surface area contributed by atoms with E-state index in [1.165, 1.54) is 43.8 Å². The van der Waals surface area contributed by atoms with Crippen LogP contribution in [0, 0.1) is 0 Å². The van der Waals surface area contributed by atoms with E-state index in [1.54, 1.807) is 12.1 Å². The van der Waals surface area contributed by atoms with Gasteiger partial charge < -0.3 is 4.74 Å². The molecule has 1 heterocycles. The zero-order chi connectivity index (χ0) is 19.2. The molecule has 0 aliphatic rings. The zero-order valence-corrected chi connectivity index (χ0v) is 13.6. The molecule has 1 aromatic heterocycles. The average molecular weight is 365 g/mol. The Hall–Kier alpha value is -3.23. The summed E-state index contributed by atoms with van der Waals surface area (Å²) in [6, 6.07) is 8.91. The normalized spacial score (nSPS) is 11.8. The third-order valence-electron chi connectivity index (χ3n) is 3.28. The van der Waals surface area contributed by atoms with E-state index in [-0.39, 0.29) is 16.8 Å². The molecule has 6 nitrogen and oxygen atoms in total. The minimum Gasteiger partial charge on any atom is -0.497 e. The number of carbonyl (C=O) groups excluding carboxylic acids is 2. The first-order valence-electron chi connectivity index (χ1n) is 7.32. The van der Waals surface area contributed by atoms with Crippen LogP contribution in [0.2, 0.25) is 0 Å². The van der Waals surface area contributed by atoms with Crippen LogP contribution in [0.15, 0.2) is 53.9 Å². The molecule has 0 fully saturated rings. The molecule has 1 N–H and O–H groups in total. The molecule has 0 aliphatic heterocycles. The summed E-state index contributed by atoms with van der Waals surface area (Å²) in [5.41, 5.74) is 2.37. The molecule has 0 atom stereocenters. The zero-order valence-electron chi connectivity index (χ0n) is 13.6. The van der Waals surface area contributed by atoms with Gasteiger partial charge in [-0.05, 0) is 30.3 Å². The summed E-state index contributed by atoms with van der Waals surface area (Å²) in [5.74, 6) is -2.19. The second kappa shape index (κ2) is 8.24. The SMILES string of the molecule is COc1cccc(C(=O)NN=C(CC(=O)C(F)(F)F)c2ccncc2)c1. The monoisotopic (exact) mass is 365 g/mol. The lowest BCUT2D eigenvalue weighted by Gasteiger charge is -2.09. The van der Waals surface area contributed by atoms with Gasteiger partial charge in [-0.15, -0.1) is 0 Å². The van der Waals surface area contributed by atoms with Gasteiger partial charge in [-0.1, -0.05) is 6.07 Å². The Morgan fingerprint density at radius 2 is 1.85 bits per heavy atom. The van der Waals surface area contributed by atoms with Crippen LogP contribution >= 0.6 is 0 Å². The summed E-state index contributed by atoms with van der Waals surface area (Å²) in [6.07, 6.45) is -3.32. The van der Waals surface area contributed by atoms with Crippen molar-refractivity contribution in [3.05, 3.63) is 59.9 Å². The van der Waals surface area contributed by atoms with Crippen LogP contribution in [-0.4, -0.2) is 35.7 Å². The summed E-state index contributed by atoms with van der Waals surface area (Å²) in [7, 11) is 1.43. The molecular formula is C17H14F3N3O3. The van der Waals surface area contributed by atoms with Gasteiger partial charge in [0, 0.05) is 23.5 Å². The maximum atomic E-state index is 12.6. The number of ketones is 1. The van der Waals surface area contributed by atoms with Crippen molar-refractivity contribution in [2.24, 2.45) is 5.10 Å². The minimum atomic E-state index is -5.00. The second-order valence-corrected chi connectivity index (χ2v) is 5.06. The van der Waals surface area contributed by atoms with Crippen LogP contribution in [0.1, 0.15) is 22.3 Å². The number of amides is 1. The van der Waals surface area contributed by atoms with Crippen molar-refractivity contribution in [2.75, 3.05) is 7.11 Å². The van der Waals surface area contributed by atoms with Crippen molar-refractivity contribution >= 4 is 17.4 Å². The van der Waals surface area contributed by atoms with Crippen molar-refractivity contribution < 1.29 is 27.5 Å². The molecule has 2 rings (SSSR count). The number of nitrogens with zero attached hydrogens (tertiary/aromatic N) is 2. The molecular weight excluding hydrogens is 351 g/mol. The number of methoxy groups -OCH3 is 1. The van der Waals surface area contributed by atoms with Gasteiger partial charge in [0.05, 0.1) is 19.2 Å². The predicted molar refractivity (Wildman–Crippen MR) is 86.9 cm³/mol. The van der Waals surface area contributed by atoms with Gasteiger partial charge in [0.25, 0.3) is 5.91 Å². The molecule has 0 aliphatic carbocycles. The fourth-order valence-electron chi connectivity index (χ4n) is 1.95. The van der Waals surface area contributed by atoms with Crippen LogP contribution < -0.4 is 10.2 Å². The van der Waals surface area contributed by atoms with Gasteiger partial charge >= 0.3 is 6.18 Å². The topological polar surface area (TPSA) is 80.6 Å². The molecule has 0 bridgehead atoms. The number of carbonyl (C=O) groups is 2.